The van der Waals surface area contributed by atoms with Crippen LogP contribution in [0.15, 0.2) is 24.3 Å². The highest BCUT2D eigenvalue weighted by Crippen LogP contribution is 2.35. The van der Waals surface area contributed by atoms with Crippen molar-refractivity contribution in [2.45, 2.75) is 38.5 Å². The SMILES string of the molecule is CNc1cccc(-c2nc(C3CCCC3)c(C)[nH]2)c1. The molecule has 0 saturated heterocycles. The summed E-state index contributed by atoms with van der Waals surface area (Å²) in [4.78, 5) is 8.30. The van der Waals surface area contributed by atoms with Gasteiger partial charge in [-0.2, -0.15) is 0 Å². The van der Waals surface area contributed by atoms with Gasteiger partial charge in [0.15, 0.2) is 0 Å². The fourth-order valence-corrected chi connectivity index (χ4v) is 3.03. The zero-order chi connectivity index (χ0) is 13.2. The molecule has 0 atom stereocenters. The number of rotatable bonds is 3. The third kappa shape index (κ3) is 2.37. The van der Waals surface area contributed by atoms with Crippen LogP contribution in [0.3, 0.4) is 0 Å². The Morgan fingerprint density at radius 3 is 2.79 bits per heavy atom. The summed E-state index contributed by atoms with van der Waals surface area (Å²) in [6, 6.07) is 8.37. The summed E-state index contributed by atoms with van der Waals surface area (Å²) in [5.74, 6) is 1.66. The molecule has 0 spiro atoms. The maximum absolute atomic E-state index is 4.85. The second kappa shape index (κ2) is 5.08. The molecule has 3 rings (SSSR count). The van der Waals surface area contributed by atoms with Gasteiger partial charge >= 0.3 is 0 Å². The third-order valence-corrected chi connectivity index (χ3v) is 4.09. The number of imidazole rings is 1. The molecule has 19 heavy (non-hydrogen) atoms. The fourth-order valence-electron chi connectivity index (χ4n) is 3.03. The third-order valence-electron chi connectivity index (χ3n) is 4.09. The number of nitrogens with zero attached hydrogens (tertiary/aromatic N) is 1. The predicted octanol–water partition coefficient (Wildman–Crippen LogP) is 4.08. The first kappa shape index (κ1) is 12.3. The molecule has 0 unspecified atom stereocenters. The number of benzene rings is 1. The molecule has 1 fully saturated rings. The van der Waals surface area contributed by atoms with Crippen molar-refractivity contribution in [1.29, 1.82) is 0 Å². The molecule has 1 aliphatic rings. The Morgan fingerprint density at radius 2 is 2.05 bits per heavy atom. The van der Waals surface area contributed by atoms with Crippen LogP contribution < -0.4 is 5.32 Å². The van der Waals surface area contributed by atoms with Crippen LogP contribution in [0.5, 0.6) is 0 Å². The van der Waals surface area contributed by atoms with Gasteiger partial charge in [-0.25, -0.2) is 4.98 Å². The standard InChI is InChI=1S/C16H21N3/c1-11-15(12-6-3-4-7-12)19-16(18-11)13-8-5-9-14(10-13)17-2/h5,8-10,12,17H,3-4,6-7H2,1-2H3,(H,18,19). The van der Waals surface area contributed by atoms with Gasteiger partial charge in [0, 0.05) is 29.9 Å². The minimum Gasteiger partial charge on any atom is -0.388 e. The first-order chi connectivity index (χ1) is 9.28. The van der Waals surface area contributed by atoms with E-state index in [1.165, 1.54) is 37.1 Å². The topological polar surface area (TPSA) is 40.7 Å². The van der Waals surface area contributed by atoms with Gasteiger partial charge in [-0.15, -0.1) is 0 Å². The van der Waals surface area contributed by atoms with Gasteiger partial charge in [-0.1, -0.05) is 25.0 Å². The van der Waals surface area contributed by atoms with Gasteiger partial charge in [-0.3, -0.25) is 0 Å². The van der Waals surface area contributed by atoms with Crippen LogP contribution in [0, 0.1) is 6.92 Å². The number of hydrogen-bond acceptors (Lipinski definition) is 2. The van der Waals surface area contributed by atoms with Crippen LogP contribution >= 0.6 is 0 Å². The number of anilines is 1. The molecule has 0 radical (unpaired) electrons. The van der Waals surface area contributed by atoms with Crippen LogP contribution in [0.2, 0.25) is 0 Å². The fraction of sp³-hybridized carbons (Fsp3) is 0.438. The van der Waals surface area contributed by atoms with Crippen molar-refractivity contribution < 1.29 is 0 Å². The molecule has 1 saturated carbocycles. The van der Waals surface area contributed by atoms with E-state index in [2.05, 4.69) is 41.5 Å². The number of H-pyrrole nitrogens is 1. The van der Waals surface area contributed by atoms with Gasteiger partial charge in [0.05, 0.1) is 5.69 Å². The van der Waals surface area contributed by atoms with E-state index >= 15 is 0 Å². The van der Waals surface area contributed by atoms with E-state index in [1.807, 2.05) is 7.05 Å². The highest BCUT2D eigenvalue weighted by molar-refractivity contribution is 5.63. The molecule has 0 amide bonds. The number of aryl methyl sites for hydroxylation is 1. The van der Waals surface area contributed by atoms with Crippen molar-refractivity contribution in [3.8, 4) is 11.4 Å². The summed E-state index contributed by atoms with van der Waals surface area (Å²) in [6.45, 7) is 2.14. The molecular weight excluding hydrogens is 234 g/mol. The minimum atomic E-state index is 0.664. The summed E-state index contributed by atoms with van der Waals surface area (Å²) in [6.07, 6.45) is 5.28. The lowest BCUT2D eigenvalue weighted by molar-refractivity contribution is 0.697. The number of aromatic nitrogens is 2. The van der Waals surface area contributed by atoms with E-state index < -0.39 is 0 Å². The highest BCUT2D eigenvalue weighted by Gasteiger charge is 2.22. The Balaban J connectivity index is 1.94. The lowest BCUT2D eigenvalue weighted by Crippen LogP contribution is -1.95. The van der Waals surface area contributed by atoms with E-state index in [9.17, 15) is 0 Å². The van der Waals surface area contributed by atoms with Crippen molar-refractivity contribution in [1.82, 2.24) is 9.97 Å². The lowest BCUT2D eigenvalue weighted by atomic mass is 10.0. The van der Waals surface area contributed by atoms with Gasteiger partial charge in [-0.05, 0) is 31.9 Å². The van der Waals surface area contributed by atoms with Crippen LogP contribution in [0.4, 0.5) is 5.69 Å². The molecule has 2 aromatic rings. The van der Waals surface area contributed by atoms with Crippen molar-refractivity contribution in [3.05, 3.63) is 35.7 Å². The van der Waals surface area contributed by atoms with Gasteiger partial charge in [0.1, 0.15) is 5.82 Å². The molecular formula is C16H21N3. The maximum atomic E-state index is 4.85. The quantitative estimate of drug-likeness (QED) is 0.867. The molecule has 3 nitrogen and oxygen atoms in total. The Morgan fingerprint density at radius 1 is 1.26 bits per heavy atom. The van der Waals surface area contributed by atoms with Crippen LogP contribution in [-0.2, 0) is 0 Å². The van der Waals surface area contributed by atoms with Crippen LogP contribution in [-0.4, -0.2) is 17.0 Å². The predicted molar refractivity (Wildman–Crippen MR) is 79.5 cm³/mol. The largest absolute Gasteiger partial charge is 0.388 e. The van der Waals surface area contributed by atoms with Crippen molar-refractivity contribution in [3.63, 3.8) is 0 Å². The lowest BCUT2D eigenvalue weighted by Gasteiger charge is -2.05. The number of nitrogens with one attached hydrogen (secondary N) is 2. The second-order valence-corrected chi connectivity index (χ2v) is 5.41. The first-order valence-electron chi connectivity index (χ1n) is 7.12. The Hall–Kier alpha value is -1.77. The molecule has 100 valence electrons. The average molecular weight is 255 g/mol. The van der Waals surface area contributed by atoms with Crippen LogP contribution in [0.1, 0.15) is 43.0 Å². The first-order valence-corrected chi connectivity index (χ1v) is 7.12. The minimum absolute atomic E-state index is 0.664. The number of hydrogen-bond donors (Lipinski definition) is 2. The van der Waals surface area contributed by atoms with E-state index in [-0.39, 0.29) is 0 Å². The normalized spacial score (nSPS) is 15.9. The molecule has 3 heteroatoms. The molecule has 1 aliphatic carbocycles. The van der Waals surface area contributed by atoms with E-state index in [0.717, 1.165) is 17.1 Å². The van der Waals surface area contributed by atoms with E-state index in [0.29, 0.717) is 5.92 Å². The molecule has 2 N–H and O–H groups in total. The molecule has 1 aromatic heterocycles. The van der Waals surface area contributed by atoms with Gasteiger partial charge < -0.3 is 10.3 Å². The Kier molecular flexibility index (Phi) is 3.28. The molecule has 1 aromatic carbocycles. The highest BCUT2D eigenvalue weighted by atomic mass is 14.9. The van der Waals surface area contributed by atoms with Gasteiger partial charge in [0.25, 0.3) is 0 Å². The Labute approximate surface area is 114 Å². The summed E-state index contributed by atoms with van der Waals surface area (Å²) in [7, 11) is 1.94. The van der Waals surface area contributed by atoms with Gasteiger partial charge in [0.2, 0.25) is 0 Å². The summed E-state index contributed by atoms with van der Waals surface area (Å²) < 4.78 is 0. The molecule has 1 heterocycles. The summed E-state index contributed by atoms with van der Waals surface area (Å²) in [5, 5.41) is 3.17. The smallest absolute Gasteiger partial charge is 0.137 e. The van der Waals surface area contributed by atoms with E-state index in [4.69, 9.17) is 4.98 Å². The van der Waals surface area contributed by atoms with Crippen LogP contribution in [0.25, 0.3) is 11.4 Å². The summed E-state index contributed by atoms with van der Waals surface area (Å²) in [5.41, 5.74) is 4.78. The van der Waals surface area contributed by atoms with Crippen molar-refractivity contribution in [2.24, 2.45) is 0 Å². The molecule has 0 bridgehead atoms. The zero-order valence-corrected chi connectivity index (χ0v) is 11.7. The zero-order valence-electron chi connectivity index (χ0n) is 11.7. The average Bonchev–Trinajstić information content (AvgIpc) is 3.07. The van der Waals surface area contributed by atoms with Crippen molar-refractivity contribution >= 4 is 5.69 Å². The molecule has 0 aliphatic heterocycles. The maximum Gasteiger partial charge on any atom is 0.137 e. The second-order valence-electron chi connectivity index (χ2n) is 5.41. The Bertz CT molecular complexity index is 565. The van der Waals surface area contributed by atoms with Crippen molar-refractivity contribution in [2.75, 3.05) is 12.4 Å². The number of aromatic amines is 1. The van der Waals surface area contributed by atoms with E-state index in [1.54, 1.807) is 0 Å². The monoisotopic (exact) mass is 255 g/mol. The summed E-state index contributed by atoms with van der Waals surface area (Å²) >= 11 is 0.